The molecule has 0 radical (unpaired) electrons. The van der Waals surface area contributed by atoms with Gasteiger partial charge in [0.2, 0.25) is 0 Å². The molecule has 1 atom stereocenters. The Hall–Kier alpha value is -1.83. The van der Waals surface area contributed by atoms with Crippen LogP contribution in [0.15, 0.2) is 70.5 Å². The molecule has 3 aromatic carbocycles. The van der Waals surface area contributed by atoms with Gasteiger partial charge in [-0.3, -0.25) is 0 Å². The average Bonchev–Trinajstić information content (AvgIpc) is 2.76. The van der Waals surface area contributed by atoms with Gasteiger partial charge in [-0.25, -0.2) is 4.39 Å². The van der Waals surface area contributed by atoms with Crippen LogP contribution in [-0.4, -0.2) is 0 Å². The zero-order valence-corrected chi connectivity index (χ0v) is 20.2. The molecule has 1 aliphatic heterocycles. The van der Waals surface area contributed by atoms with Crippen LogP contribution in [0.1, 0.15) is 45.7 Å². The van der Waals surface area contributed by atoms with Crippen LogP contribution in [0.5, 0.6) is 11.5 Å². The third kappa shape index (κ3) is 7.49. The molecule has 0 saturated heterocycles. The monoisotopic (exact) mass is 430 g/mol. The van der Waals surface area contributed by atoms with Gasteiger partial charge in [0, 0.05) is 0 Å². The Labute approximate surface area is 182 Å². The summed E-state index contributed by atoms with van der Waals surface area (Å²) in [5, 5.41) is 0.898. The molecule has 0 aliphatic carbocycles. The summed E-state index contributed by atoms with van der Waals surface area (Å²) in [7, 11) is 2.47. The molecule has 0 saturated carbocycles. The van der Waals surface area contributed by atoms with E-state index in [0.29, 0.717) is 0 Å². The number of benzene rings is 3. The summed E-state index contributed by atoms with van der Waals surface area (Å²) in [6.07, 6.45) is 0.761. The first-order valence-corrected chi connectivity index (χ1v) is 11.6. The van der Waals surface area contributed by atoms with Crippen molar-refractivity contribution in [3.63, 3.8) is 0 Å². The number of hydrogen-bond donors (Lipinski definition) is 0. The Morgan fingerprint density at radius 3 is 2.17 bits per heavy atom. The fourth-order valence-corrected chi connectivity index (χ4v) is 3.66. The van der Waals surface area contributed by atoms with Crippen LogP contribution >= 0.6 is 21.0 Å². The SMILES string of the molecule is CC.CC.CCc1ccc(P)cc1F.Cc1ccc2c(c1)Oc1ccccc1S2. The molecular formula is C25H32FOPS. The lowest BCUT2D eigenvalue weighted by molar-refractivity contribution is 0.454. The molecule has 0 bridgehead atoms. The molecule has 0 N–H and O–H groups in total. The summed E-state index contributed by atoms with van der Waals surface area (Å²) in [6, 6.07) is 19.7. The minimum Gasteiger partial charge on any atom is -0.455 e. The fourth-order valence-electron chi connectivity index (χ4n) is 2.49. The van der Waals surface area contributed by atoms with E-state index in [-0.39, 0.29) is 5.82 Å². The summed E-state index contributed by atoms with van der Waals surface area (Å²) < 4.78 is 18.7. The number of hydrogen-bond acceptors (Lipinski definition) is 2. The fraction of sp³-hybridized carbons (Fsp3) is 0.280. The van der Waals surface area contributed by atoms with Crippen molar-refractivity contribution in [1.29, 1.82) is 0 Å². The number of halogens is 1. The molecule has 1 aliphatic rings. The highest BCUT2D eigenvalue weighted by atomic mass is 32.2. The lowest BCUT2D eigenvalue weighted by Gasteiger charge is -2.19. The van der Waals surface area contributed by atoms with Gasteiger partial charge < -0.3 is 4.74 Å². The molecule has 29 heavy (non-hydrogen) atoms. The third-order valence-electron chi connectivity index (χ3n) is 3.85. The van der Waals surface area contributed by atoms with Crippen LogP contribution in [-0.2, 0) is 6.42 Å². The van der Waals surface area contributed by atoms with Gasteiger partial charge >= 0.3 is 0 Å². The highest BCUT2D eigenvalue weighted by molar-refractivity contribution is 7.99. The molecule has 4 heteroatoms. The van der Waals surface area contributed by atoms with Gasteiger partial charge in [0.1, 0.15) is 17.3 Å². The van der Waals surface area contributed by atoms with E-state index in [4.69, 9.17) is 4.74 Å². The van der Waals surface area contributed by atoms with Gasteiger partial charge in [0.05, 0.1) is 9.79 Å². The van der Waals surface area contributed by atoms with Crippen LogP contribution in [0.3, 0.4) is 0 Å². The van der Waals surface area contributed by atoms with Gasteiger partial charge in [-0.2, -0.15) is 0 Å². The standard InChI is InChI=1S/C13H10OS.C8H10FP.2C2H6/c1-9-6-7-13-11(8-9)14-10-4-2-3-5-12(10)15-13;1-2-6-3-4-7(10)5-8(6)9;2*1-2/h2-8H,1H3;3-5H,2,10H2,1H3;2*1-2H3. The summed E-state index contributed by atoms with van der Waals surface area (Å²) >= 11 is 1.77. The van der Waals surface area contributed by atoms with Crippen LogP contribution in [0.25, 0.3) is 0 Å². The van der Waals surface area contributed by atoms with E-state index >= 15 is 0 Å². The molecule has 0 aromatic heterocycles. The van der Waals surface area contributed by atoms with E-state index < -0.39 is 0 Å². The molecular weight excluding hydrogens is 398 g/mol. The van der Waals surface area contributed by atoms with Gasteiger partial charge in [0.25, 0.3) is 0 Å². The number of aryl methyl sites for hydroxylation is 2. The maximum absolute atomic E-state index is 12.8. The Kier molecular flexibility index (Phi) is 11.7. The van der Waals surface area contributed by atoms with E-state index in [1.807, 2.05) is 65.0 Å². The number of rotatable bonds is 1. The van der Waals surface area contributed by atoms with Crippen molar-refractivity contribution in [3.8, 4) is 11.5 Å². The van der Waals surface area contributed by atoms with Crippen molar-refractivity contribution in [2.75, 3.05) is 0 Å². The highest BCUT2D eigenvalue weighted by Gasteiger charge is 2.16. The number of fused-ring (bicyclic) bond motifs is 2. The second kappa shape index (κ2) is 13.4. The molecule has 156 valence electrons. The minimum absolute atomic E-state index is 0.102. The molecule has 1 heterocycles. The Morgan fingerprint density at radius 1 is 0.862 bits per heavy atom. The zero-order valence-electron chi connectivity index (χ0n) is 18.3. The Balaban J connectivity index is 0.000000263. The first-order valence-electron chi connectivity index (χ1n) is 10.2. The maximum Gasteiger partial charge on any atom is 0.141 e. The van der Waals surface area contributed by atoms with Crippen molar-refractivity contribution >= 4 is 26.3 Å². The molecule has 0 spiro atoms. The van der Waals surface area contributed by atoms with Gasteiger partial charge in [-0.15, -0.1) is 9.24 Å². The van der Waals surface area contributed by atoms with Crippen molar-refractivity contribution in [2.24, 2.45) is 0 Å². The minimum atomic E-state index is -0.102. The van der Waals surface area contributed by atoms with Crippen LogP contribution in [0.2, 0.25) is 0 Å². The topological polar surface area (TPSA) is 9.23 Å². The van der Waals surface area contributed by atoms with E-state index in [9.17, 15) is 4.39 Å². The molecule has 4 rings (SSSR count). The summed E-state index contributed by atoms with van der Waals surface area (Å²) in [5.41, 5.74) is 2.01. The van der Waals surface area contributed by atoms with Crippen molar-refractivity contribution < 1.29 is 9.13 Å². The Morgan fingerprint density at radius 2 is 1.52 bits per heavy atom. The van der Waals surface area contributed by atoms with Crippen molar-refractivity contribution in [2.45, 2.75) is 57.8 Å². The summed E-state index contributed by atoms with van der Waals surface area (Å²) in [5.74, 6) is 1.83. The lowest BCUT2D eigenvalue weighted by atomic mass is 10.2. The first kappa shape index (κ1) is 25.2. The van der Waals surface area contributed by atoms with Crippen LogP contribution in [0, 0.1) is 12.7 Å². The maximum atomic E-state index is 12.8. The molecule has 3 aromatic rings. The van der Waals surface area contributed by atoms with E-state index in [0.717, 1.165) is 28.8 Å². The van der Waals surface area contributed by atoms with Crippen LogP contribution < -0.4 is 10.0 Å². The van der Waals surface area contributed by atoms with E-state index in [2.05, 4.69) is 40.4 Å². The molecule has 1 unspecified atom stereocenters. The highest BCUT2D eigenvalue weighted by Crippen LogP contribution is 2.46. The molecule has 1 nitrogen and oxygen atoms in total. The zero-order chi connectivity index (χ0) is 21.8. The number of ether oxygens (including phenoxy) is 1. The molecule has 0 fully saturated rings. The predicted molar refractivity (Wildman–Crippen MR) is 130 cm³/mol. The summed E-state index contributed by atoms with van der Waals surface area (Å²) in [4.78, 5) is 2.38. The van der Waals surface area contributed by atoms with Gasteiger partial charge in [-0.05, 0) is 60.1 Å². The van der Waals surface area contributed by atoms with Crippen molar-refractivity contribution in [3.05, 3.63) is 77.6 Å². The smallest absolute Gasteiger partial charge is 0.141 e. The van der Waals surface area contributed by atoms with Crippen LogP contribution in [0.4, 0.5) is 4.39 Å². The average molecular weight is 431 g/mol. The first-order chi connectivity index (χ1) is 14.1. The lowest BCUT2D eigenvalue weighted by Crippen LogP contribution is -1.95. The largest absolute Gasteiger partial charge is 0.455 e. The predicted octanol–water partition coefficient (Wildman–Crippen LogP) is 8.19. The normalized spacial score (nSPS) is 10.3. The number of para-hydroxylation sites is 1. The Bertz CT molecular complexity index is 896. The van der Waals surface area contributed by atoms with Gasteiger partial charge in [-0.1, -0.05) is 76.7 Å². The summed E-state index contributed by atoms with van der Waals surface area (Å²) in [6.45, 7) is 12.0. The van der Waals surface area contributed by atoms with E-state index in [1.165, 1.54) is 21.4 Å². The van der Waals surface area contributed by atoms with Gasteiger partial charge in [0.15, 0.2) is 0 Å². The van der Waals surface area contributed by atoms with Crippen molar-refractivity contribution in [1.82, 2.24) is 0 Å². The second-order valence-electron chi connectivity index (χ2n) is 5.81. The molecule has 0 amide bonds. The third-order valence-corrected chi connectivity index (χ3v) is 5.32. The second-order valence-corrected chi connectivity index (χ2v) is 7.56. The van der Waals surface area contributed by atoms with E-state index in [1.54, 1.807) is 11.8 Å². The quantitative estimate of drug-likeness (QED) is 0.282.